The third-order valence-electron chi connectivity index (χ3n) is 3.32. The first kappa shape index (κ1) is 22.5. The smallest absolute Gasteiger partial charge is 0.219 e. The van der Waals surface area contributed by atoms with E-state index in [1.165, 1.54) is 18.1 Å². The summed E-state index contributed by atoms with van der Waals surface area (Å²) in [6.45, 7) is 16.3. The fraction of sp³-hybridized carbons (Fsp3) is 0.333. The molecule has 0 aliphatic heterocycles. The normalized spacial score (nSPS) is 9.12. The molecule has 136 valence electrons. The standard InChI is InChI=1S/C16H18N2O.C3H5F.C2H6/c1-11-5-6-16(17-9-11)18(10-19)15-8-13(3)12(2)7-14(15)4;1-3(2)4;1-2/h5-10H,1-4H3;1H2,2H3;1-2H3. The van der Waals surface area contributed by atoms with Crippen LogP contribution < -0.4 is 4.90 Å². The number of amides is 1. The van der Waals surface area contributed by atoms with Crippen molar-refractivity contribution in [3.05, 3.63) is 65.1 Å². The number of rotatable bonds is 3. The molecule has 25 heavy (non-hydrogen) atoms. The van der Waals surface area contributed by atoms with Gasteiger partial charge in [0, 0.05) is 6.20 Å². The van der Waals surface area contributed by atoms with Gasteiger partial charge in [-0.3, -0.25) is 9.69 Å². The van der Waals surface area contributed by atoms with E-state index in [0.717, 1.165) is 23.2 Å². The number of carbonyl (C=O) groups is 1. The molecule has 0 aliphatic rings. The Morgan fingerprint density at radius 3 is 2.04 bits per heavy atom. The Morgan fingerprint density at radius 2 is 1.60 bits per heavy atom. The van der Waals surface area contributed by atoms with Gasteiger partial charge in [0.1, 0.15) is 5.82 Å². The molecule has 0 aliphatic carbocycles. The van der Waals surface area contributed by atoms with Gasteiger partial charge >= 0.3 is 0 Å². The van der Waals surface area contributed by atoms with Crippen LogP contribution in [0.4, 0.5) is 15.9 Å². The lowest BCUT2D eigenvalue weighted by Gasteiger charge is -2.20. The molecule has 3 nitrogen and oxygen atoms in total. The maximum atomic E-state index is 11.4. The maximum absolute atomic E-state index is 11.4. The Bertz CT molecular complexity index is 690. The lowest BCUT2D eigenvalue weighted by molar-refractivity contribution is -0.106. The van der Waals surface area contributed by atoms with Crippen molar-refractivity contribution in [1.29, 1.82) is 0 Å². The van der Waals surface area contributed by atoms with Crippen LogP contribution in [0.1, 0.15) is 43.0 Å². The minimum atomic E-state index is -0.333. The molecule has 1 aromatic heterocycles. The zero-order valence-corrected chi connectivity index (χ0v) is 16.4. The Balaban J connectivity index is 0.000000845. The molecule has 0 spiro atoms. The number of halogens is 1. The number of allylic oxidation sites excluding steroid dienone is 1. The van der Waals surface area contributed by atoms with E-state index in [1.807, 2.05) is 52.8 Å². The molecule has 0 unspecified atom stereocenters. The third kappa shape index (κ3) is 7.29. The molecular weight excluding hydrogens is 315 g/mol. The molecule has 0 saturated carbocycles. The van der Waals surface area contributed by atoms with Crippen molar-refractivity contribution in [3.8, 4) is 0 Å². The lowest BCUT2D eigenvalue weighted by Crippen LogP contribution is -2.17. The number of hydrogen-bond donors (Lipinski definition) is 0. The molecule has 0 bridgehead atoms. The van der Waals surface area contributed by atoms with Crippen molar-refractivity contribution >= 4 is 17.9 Å². The Morgan fingerprint density at radius 1 is 1.08 bits per heavy atom. The average molecular weight is 344 g/mol. The zero-order valence-electron chi connectivity index (χ0n) is 16.4. The highest BCUT2D eigenvalue weighted by Crippen LogP contribution is 2.28. The first-order valence-electron chi connectivity index (χ1n) is 8.32. The first-order valence-corrected chi connectivity index (χ1v) is 8.32. The number of aryl methyl sites for hydroxylation is 4. The van der Waals surface area contributed by atoms with E-state index in [0.29, 0.717) is 5.82 Å². The Kier molecular flexibility index (Phi) is 10.0. The maximum Gasteiger partial charge on any atom is 0.219 e. The second kappa shape index (κ2) is 11.1. The minimum absolute atomic E-state index is 0.333. The summed E-state index contributed by atoms with van der Waals surface area (Å²) in [6.07, 6.45) is 2.58. The van der Waals surface area contributed by atoms with E-state index in [2.05, 4.69) is 24.6 Å². The fourth-order valence-electron chi connectivity index (χ4n) is 2.04. The second-order valence-electron chi connectivity index (χ2n) is 5.57. The van der Waals surface area contributed by atoms with Crippen molar-refractivity contribution in [2.45, 2.75) is 48.5 Å². The zero-order chi connectivity index (χ0) is 19.6. The van der Waals surface area contributed by atoms with Crippen LogP contribution in [0.2, 0.25) is 0 Å². The van der Waals surface area contributed by atoms with Crippen molar-refractivity contribution < 1.29 is 9.18 Å². The van der Waals surface area contributed by atoms with Crippen LogP contribution in [0.3, 0.4) is 0 Å². The summed E-state index contributed by atoms with van der Waals surface area (Å²) in [6, 6.07) is 7.93. The number of pyridine rings is 1. The number of anilines is 2. The van der Waals surface area contributed by atoms with Gasteiger partial charge in [0.05, 0.1) is 11.5 Å². The molecule has 0 radical (unpaired) electrons. The van der Waals surface area contributed by atoms with Crippen LogP contribution >= 0.6 is 0 Å². The number of nitrogens with zero attached hydrogens (tertiary/aromatic N) is 2. The van der Waals surface area contributed by atoms with E-state index in [4.69, 9.17) is 0 Å². The van der Waals surface area contributed by atoms with Crippen LogP contribution in [-0.4, -0.2) is 11.4 Å². The van der Waals surface area contributed by atoms with Crippen LogP contribution in [0.5, 0.6) is 0 Å². The number of aromatic nitrogens is 1. The molecule has 1 aromatic carbocycles. The van der Waals surface area contributed by atoms with Gasteiger partial charge < -0.3 is 0 Å². The van der Waals surface area contributed by atoms with E-state index in [9.17, 15) is 9.18 Å². The van der Waals surface area contributed by atoms with Gasteiger partial charge in [0.25, 0.3) is 0 Å². The molecular formula is C21H29FN2O. The van der Waals surface area contributed by atoms with Crippen molar-refractivity contribution in [2.24, 2.45) is 0 Å². The van der Waals surface area contributed by atoms with Gasteiger partial charge in [-0.15, -0.1) is 0 Å². The number of hydrogen-bond acceptors (Lipinski definition) is 2. The van der Waals surface area contributed by atoms with E-state index in [-0.39, 0.29) is 5.83 Å². The summed E-state index contributed by atoms with van der Waals surface area (Å²) in [5.41, 5.74) is 5.42. The minimum Gasteiger partial charge on any atom is -0.278 e. The lowest BCUT2D eigenvalue weighted by atomic mass is 10.0. The number of carbonyl (C=O) groups excluding carboxylic acids is 1. The summed E-state index contributed by atoms with van der Waals surface area (Å²) in [4.78, 5) is 17.3. The molecule has 0 N–H and O–H groups in total. The highest BCUT2D eigenvalue weighted by atomic mass is 19.1. The fourth-order valence-corrected chi connectivity index (χ4v) is 2.04. The summed E-state index contributed by atoms with van der Waals surface area (Å²) in [5.74, 6) is 0.312. The van der Waals surface area contributed by atoms with E-state index < -0.39 is 0 Å². The molecule has 2 aromatic rings. The van der Waals surface area contributed by atoms with Crippen LogP contribution in [-0.2, 0) is 4.79 Å². The van der Waals surface area contributed by atoms with Crippen molar-refractivity contribution in [3.63, 3.8) is 0 Å². The summed E-state index contributed by atoms with van der Waals surface area (Å²) < 4.78 is 10.8. The third-order valence-corrected chi connectivity index (χ3v) is 3.32. The van der Waals surface area contributed by atoms with E-state index >= 15 is 0 Å². The van der Waals surface area contributed by atoms with Crippen LogP contribution in [0.25, 0.3) is 0 Å². The molecule has 0 atom stereocenters. The quantitative estimate of drug-likeness (QED) is 0.628. The van der Waals surface area contributed by atoms with Gasteiger partial charge in [0.15, 0.2) is 0 Å². The summed E-state index contributed by atoms with van der Waals surface area (Å²) in [7, 11) is 0. The highest BCUT2D eigenvalue weighted by molar-refractivity contribution is 5.86. The highest BCUT2D eigenvalue weighted by Gasteiger charge is 2.13. The molecule has 2 rings (SSSR count). The van der Waals surface area contributed by atoms with Crippen molar-refractivity contribution in [1.82, 2.24) is 4.98 Å². The van der Waals surface area contributed by atoms with Crippen LogP contribution in [0.15, 0.2) is 42.9 Å². The largest absolute Gasteiger partial charge is 0.278 e. The summed E-state index contributed by atoms with van der Waals surface area (Å²) in [5, 5.41) is 0. The monoisotopic (exact) mass is 344 g/mol. The van der Waals surface area contributed by atoms with Gasteiger partial charge in [0.2, 0.25) is 6.41 Å². The Hall–Kier alpha value is -2.49. The van der Waals surface area contributed by atoms with Crippen molar-refractivity contribution in [2.75, 3.05) is 4.90 Å². The van der Waals surface area contributed by atoms with Gasteiger partial charge in [-0.1, -0.05) is 32.6 Å². The molecule has 0 fully saturated rings. The first-order chi connectivity index (χ1) is 11.8. The van der Waals surface area contributed by atoms with E-state index in [1.54, 1.807) is 11.1 Å². The predicted molar refractivity (Wildman–Crippen MR) is 105 cm³/mol. The number of benzene rings is 1. The summed E-state index contributed by atoms with van der Waals surface area (Å²) >= 11 is 0. The second-order valence-corrected chi connectivity index (χ2v) is 5.57. The Labute approximate surface area is 151 Å². The molecule has 1 amide bonds. The average Bonchev–Trinajstić information content (AvgIpc) is 2.56. The van der Waals surface area contributed by atoms with Gasteiger partial charge in [-0.2, -0.15) is 0 Å². The molecule has 1 heterocycles. The van der Waals surface area contributed by atoms with Crippen LogP contribution in [0, 0.1) is 27.7 Å². The predicted octanol–water partition coefficient (Wildman–Crippen LogP) is 6.13. The molecule has 0 saturated heterocycles. The topological polar surface area (TPSA) is 33.2 Å². The SMILES string of the molecule is C=C(C)F.CC.Cc1ccc(N(C=O)c2cc(C)c(C)cc2C)nc1. The van der Waals surface area contributed by atoms with Gasteiger partial charge in [-0.25, -0.2) is 9.37 Å². The molecule has 4 heteroatoms. The van der Waals surface area contributed by atoms with Gasteiger partial charge in [-0.05, 0) is 69.0 Å².